The molecule has 0 saturated heterocycles. The number of nitrogens with zero attached hydrogens (tertiary/aromatic N) is 3. The molecule has 0 aliphatic rings. The maximum Gasteiger partial charge on any atom is 0.322 e. The number of thioether (sulfide) groups is 1. The van der Waals surface area contributed by atoms with Gasteiger partial charge in [-0.15, -0.1) is 21.5 Å². The van der Waals surface area contributed by atoms with Crippen molar-refractivity contribution in [1.29, 1.82) is 0 Å². The van der Waals surface area contributed by atoms with Gasteiger partial charge in [-0.2, -0.15) is 8.78 Å². The van der Waals surface area contributed by atoms with Crippen molar-refractivity contribution in [2.75, 3.05) is 5.75 Å². The van der Waals surface area contributed by atoms with Gasteiger partial charge in [0.05, 0.1) is 4.88 Å². The highest BCUT2D eigenvalue weighted by Gasteiger charge is 2.24. The van der Waals surface area contributed by atoms with Gasteiger partial charge < -0.3 is 4.57 Å². The van der Waals surface area contributed by atoms with Crippen LogP contribution >= 0.6 is 34.7 Å². The number of hydrogen-bond donors (Lipinski definition) is 0. The molecule has 0 spiro atoms. The quantitative estimate of drug-likeness (QED) is 0.621. The van der Waals surface area contributed by atoms with Gasteiger partial charge in [-0.1, -0.05) is 17.8 Å². The number of hydrogen-bond acceptors (Lipinski definition) is 4. The van der Waals surface area contributed by atoms with Crippen LogP contribution in [0.5, 0.6) is 0 Å². The fraction of sp³-hybridized carbons (Fsp3) is 0.400. The zero-order valence-electron chi connectivity index (χ0n) is 9.44. The molecule has 2 aromatic heterocycles. The Hall–Kier alpha value is -0.660. The first kappa shape index (κ1) is 13.8. The van der Waals surface area contributed by atoms with Crippen molar-refractivity contribution < 1.29 is 8.78 Å². The first-order valence-corrected chi connectivity index (χ1v) is 7.34. The highest BCUT2D eigenvalue weighted by atomic mass is 35.5. The van der Waals surface area contributed by atoms with Gasteiger partial charge in [-0.3, -0.25) is 0 Å². The van der Waals surface area contributed by atoms with Gasteiger partial charge in [-0.05, 0) is 23.0 Å². The molecule has 0 N–H and O–H groups in total. The lowest BCUT2D eigenvalue weighted by molar-refractivity contribution is 0.0934. The van der Waals surface area contributed by atoms with Gasteiger partial charge in [0.15, 0.2) is 11.0 Å². The summed E-state index contributed by atoms with van der Waals surface area (Å²) in [5.41, 5.74) is 0. The second kappa shape index (κ2) is 5.54. The highest BCUT2D eigenvalue weighted by molar-refractivity contribution is 7.99. The summed E-state index contributed by atoms with van der Waals surface area (Å²) in [6, 6.07) is 3.87. The van der Waals surface area contributed by atoms with Gasteiger partial charge in [0.25, 0.3) is 0 Å². The van der Waals surface area contributed by atoms with E-state index in [1.165, 1.54) is 11.8 Å². The highest BCUT2D eigenvalue weighted by Crippen LogP contribution is 2.29. The first-order valence-electron chi connectivity index (χ1n) is 5.10. The number of thiophene rings is 1. The summed E-state index contributed by atoms with van der Waals surface area (Å²) in [6.45, 7) is 0. The van der Waals surface area contributed by atoms with Crippen molar-refractivity contribution in [2.45, 2.75) is 17.0 Å². The third-order valence-corrected chi connectivity index (χ3v) is 4.27. The van der Waals surface area contributed by atoms with Crippen LogP contribution in [0.25, 0.3) is 10.7 Å². The minimum absolute atomic E-state index is 0.201. The van der Waals surface area contributed by atoms with Crippen LogP contribution < -0.4 is 0 Å². The molecular formula is C10H10ClF2N3S2. The molecule has 0 saturated carbocycles. The van der Waals surface area contributed by atoms with Gasteiger partial charge in [-0.25, -0.2) is 0 Å². The monoisotopic (exact) mass is 309 g/mol. The summed E-state index contributed by atoms with van der Waals surface area (Å²) in [5, 5.41) is 7.45. The van der Waals surface area contributed by atoms with Crippen molar-refractivity contribution >= 4 is 34.7 Å². The lowest BCUT2D eigenvalue weighted by Crippen LogP contribution is -2.06. The topological polar surface area (TPSA) is 30.7 Å². The Balaban J connectivity index is 2.03. The van der Waals surface area contributed by atoms with E-state index in [0.29, 0.717) is 5.16 Å². The van der Waals surface area contributed by atoms with Crippen LogP contribution in [-0.4, -0.2) is 25.9 Å². The van der Waals surface area contributed by atoms with Crippen LogP contribution in [0.2, 0.25) is 0 Å². The molecule has 0 bridgehead atoms. The third-order valence-electron chi connectivity index (χ3n) is 2.19. The van der Waals surface area contributed by atoms with Crippen LogP contribution in [0, 0.1) is 0 Å². The molecule has 0 unspecified atom stereocenters. The smallest absolute Gasteiger partial charge is 0.305 e. The molecule has 0 aliphatic carbocycles. The van der Waals surface area contributed by atoms with Crippen molar-refractivity contribution in [2.24, 2.45) is 7.05 Å². The average Bonchev–Trinajstić information content (AvgIpc) is 2.87. The first-order chi connectivity index (χ1) is 8.47. The Morgan fingerprint density at radius 3 is 2.89 bits per heavy atom. The predicted molar refractivity (Wildman–Crippen MR) is 70.5 cm³/mol. The number of alkyl halides is 3. The summed E-state index contributed by atoms with van der Waals surface area (Å²) in [6.07, 6.45) is -0.388. The Morgan fingerprint density at radius 2 is 2.28 bits per heavy atom. The van der Waals surface area contributed by atoms with Crippen LogP contribution in [-0.2, 0) is 7.05 Å². The van der Waals surface area contributed by atoms with E-state index in [-0.39, 0.29) is 12.2 Å². The van der Waals surface area contributed by atoms with Crippen LogP contribution in [0.1, 0.15) is 6.42 Å². The Bertz CT molecular complexity index is 508. The maximum atomic E-state index is 12.5. The number of halogens is 3. The Labute approximate surface area is 116 Å². The molecule has 0 atom stereocenters. The summed E-state index contributed by atoms with van der Waals surface area (Å²) in [4.78, 5) is 1.000. The van der Waals surface area contributed by atoms with Crippen molar-refractivity contribution in [3.05, 3.63) is 17.5 Å². The lowest BCUT2D eigenvalue weighted by Gasteiger charge is -2.06. The summed E-state index contributed by atoms with van der Waals surface area (Å²) in [5.74, 6) is 0.942. The van der Waals surface area contributed by atoms with E-state index in [9.17, 15) is 8.78 Å². The molecule has 0 radical (unpaired) electrons. The van der Waals surface area contributed by atoms with E-state index < -0.39 is 5.38 Å². The summed E-state index contributed by atoms with van der Waals surface area (Å²) >= 11 is 7.62. The second-order valence-electron chi connectivity index (χ2n) is 3.56. The normalized spacial score (nSPS) is 12.0. The van der Waals surface area contributed by atoms with Gasteiger partial charge >= 0.3 is 5.38 Å². The van der Waals surface area contributed by atoms with Gasteiger partial charge in [0.2, 0.25) is 0 Å². The van der Waals surface area contributed by atoms with Gasteiger partial charge in [0, 0.05) is 19.2 Å². The maximum absolute atomic E-state index is 12.5. The minimum Gasteiger partial charge on any atom is -0.305 e. The standard InChI is InChI=1S/C10H10ClF2N3S2/c1-16-8(7-3-2-5-17-7)14-15-9(16)18-6-4-10(11,12)13/h2-3,5H,4,6H2,1H3. The molecule has 0 amide bonds. The Morgan fingerprint density at radius 1 is 1.50 bits per heavy atom. The molecule has 0 aromatic carbocycles. The SMILES string of the molecule is Cn1c(SCCC(F)(F)Cl)nnc1-c1cccs1. The van der Waals surface area contributed by atoms with Crippen molar-refractivity contribution in [3.63, 3.8) is 0 Å². The molecule has 98 valence electrons. The fourth-order valence-corrected chi connectivity index (χ4v) is 3.19. The zero-order chi connectivity index (χ0) is 13.2. The molecule has 0 fully saturated rings. The molecule has 2 heterocycles. The van der Waals surface area contributed by atoms with E-state index in [1.807, 2.05) is 24.6 Å². The van der Waals surface area contributed by atoms with Crippen molar-refractivity contribution in [1.82, 2.24) is 14.8 Å². The minimum atomic E-state index is -3.15. The van der Waals surface area contributed by atoms with E-state index >= 15 is 0 Å². The molecule has 3 nitrogen and oxygen atoms in total. The van der Waals surface area contributed by atoms with E-state index in [2.05, 4.69) is 10.2 Å². The average molecular weight is 310 g/mol. The van der Waals surface area contributed by atoms with E-state index in [1.54, 1.807) is 15.9 Å². The molecular weight excluding hydrogens is 300 g/mol. The van der Waals surface area contributed by atoms with Crippen LogP contribution in [0.15, 0.2) is 22.7 Å². The summed E-state index contributed by atoms with van der Waals surface area (Å²) in [7, 11) is 1.82. The summed E-state index contributed by atoms with van der Waals surface area (Å²) < 4.78 is 26.7. The predicted octanol–water partition coefficient (Wildman–Crippen LogP) is 3.86. The third kappa shape index (κ3) is 3.43. The van der Waals surface area contributed by atoms with Crippen LogP contribution in [0.4, 0.5) is 8.78 Å². The zero-order valence-corrected chi connectivity index (χ0v) is 11.8. The second-order valence-corrected chi connectivity index (χ2v) is 6.12. The van der Waals surface area contributed by atoms with Crippen LogP contribution in [0.3, 0.4) is 0 Å². The number of aromatic nitrogens is 3. The fourth-order valence-electron chi connectivity index (χ4n) is 1.32. The molecule has 2 aromatic rings. The molecule has 0 aliphatic heterocycles. The van der Waals surface area contributed by atoms with E-state index in [4.69, 9.17) is 11.6 Å². The largest absolute Gasteiger partial charge is 0.322 e. The Kier molecular flexibility index (Phi) is 4.24. The van der Waals surface area contributed by atoms with Crippen molar-refractivity contribution in [3.8, 4) is 10.7 Å². The lowest BCUT2D eigenvalue weighted by atomic mass is 10.4. The van der Waals surface area contributed by atoms with E-state index in [0.717, 1.165) is 10.7 Å². The van der Waals surface area contributed by atoms with Gasteiger partial charge in [0.1, 0.15) is 0 Å². The molecule has 8 heteroatoms. The molecule has 18 heavy (non-hydrogen) atoms. The number of rotatable bonds is 5. The molecule has 2 rings (SSSR count).